The summed E-state index contributed by atoms with van der Waals surface area (Å²) >= 11 is 0. The minimum absolute atomic E-state index is 0.0883. The van der Waals surface area contributed by atoms with Crippen molar-refractivity contribution in [1.29, 1.82) is 0 Å². The normalized spacial score (nSPS) is 11.6. The van der Waals surface area contributed by atoms with E-state index in [1.54, 1.807) is 19.1 Å². The third-order valence-corrected chi connectivity index (χ3v) is 2.65. The van der Waals surface area contributed by atoms with Gasteiger partial charge in [0.15, 0.2) is 0 Å². The predicted molar refractivity (Wildman–Crippen MR) is 61.9 cm³/mol. The molecule has 0 aliphatic rings. The molecule has 1 rings (SSSR count). The Morgan fingerprint density at radius 2 is 1.69 bits per heavy atom. The van der Waals surface area contributed by atoms with Gasteiger partial charge in [0.25, 0.3) is 0 Å². The average Bonchev–Trinajstić information content (AvgIpc) is 2.29. The van der Waals surface area contributed by atoms with E-state index >= 15 is 0 Å². The van der Waals surface area contributed by atoms with Crippen LogP contribution in [0.25, 0.3) is 0 Å². The van der Waals surface area contributed by atoms with Gasteiger partial charge in [-0.1, -0.05) is 6.92 Å². The number of rotatable bonds is 5. The van der Waals surface area contributed by atoms with E-state index in [4.69, 9.17) is 0 Å². The van der Waals surface area contributed by atoms with Crippen LogP contribution in [-0.2, 0) is 0 Å². The Hall–Kier alpha value is -1.13. The van der Waals surface area contributed by atoms with Crippen LogP contribution in [0, 0.1) is 11.2 Å². The van der Waals surface area contributed by atoms with Crippen LogP contribution < -0.4 is 4.90 Å². The molecule has 0 saturated heterocycles. The Balaban J connectivity index is 2.71. The molecular formula is C12H18FNO2. The number of aliphatic hydroxyl groups is 2. The van der Waals surface area contributed by atoms with E-state index < -0.39 is 5.41 Å². The van der Waals surface area contributed by atoms with Gasteiger partial charge in [0, 0.05) is 24.7 Å². The van der Waals surface area contributed by atoms with Crippen LogP contribution in [0.2, 0.25) is 0 Å². The number of hydrogen-bond acceptors (Lipinski definition) is 3. The Morgan fingerprint density at radius 1 is 1.19 bits per heavy atom. The SMILES string of the molecule is CN(CC(C)(CO)CO)c1ccc(F)cc1. The predicted octanol–water partition coefficient (Wildman–Crippen LogP) is 1.25. The molecule has 1 aromatic rings. The van der Waals surface area contributed by atoms with E-state index in [1.165, 1.54) is 12.1 Å². The molecule has 1 aromatic carbocycles. The smallest absolute Gasteiger partial charge is 0.123 e. The molecule has 0 aromatic heterocycles. The maximum Gasteiger partial charge on any atom is 0.123 e. The van der Waals surface area contributed by atoms with Crippen molar-refractivity contribution in [3.05, 3.63) is 30.1 Å². The fourth-order valence-electron chi connectivity index (χ4n) is 1.51. The molecule has 16 heavy (non-hydrogen) atoms. The third kappa shape index (κ3) is 3.18. The molecule has 0 bridgehead atoms. The first-order valence-electron chi connectivity index (χ1n) is 5.19. The lowest BCUT2D eigenvalue weighted by Crippen LogP contribution is -2.39. The van der Waals surface area contributed by atoms with E-state index in [2.05, 4.69) is 0 Å². The van der Waals surface area contributed by atoms with Gasteiger partial charge in [0.05, 0.1) is 13.2 Å². The number of benzene rings is 1. The average molecular weight is 227 g/mol. The summed E-state index contributed by atoms with van der Waals surface area (Å²) in [4.78, 5) is 1.88. The highest BCUT2D eigenvalue weighted by molar-refractivity contribution is 5.45. The van der Waals surface area contributed by atoms with Crippen LogP contribution in [0.1, 0.15) is 6.92 Å². The largest absolute Gasteiger partial charge is 0.396 e. The number of nitrogens with zero attached hydrogens (tertiary/aromatic N) is 1. The molecular weight excluding hydrogens is 209 g/mol. The summed E-state index contributed by atoms with van der Waals surface area (Å²) in [6.45, 7) is 2.13. The summed E-state index contributed by atoms with van der Waals surface area (Å²) < 4.78 is 12.7. The molecule has 0 atom stereocenters. The molecule has 4 heteroatoms. The van der Waals surface area contributed by atoms with E-state index in [9.17, 15) is 14.6 Å². The van der Waals surface area contributed by atoms with Gasteiger partial charge in [-0.05, 0) is 24.3 Å². The molecule has 0 aliphatic carbocycles. The van der Waals surface area contributed by atoms with Crippen LogP contribution >= 0.6 is 0 Å². The Labute approximate surface area is 95.1 Å². The Kier molecular flexibility index (Phi) is 4.26. The molecule has 0 amide bonds. The highest BCUT2D eigenvalue weighted by Gasteiger charge is 2.24. The van der Waals surface area contributed by atoms with Crippen LogP contribution in [-0.4, -0.2) is 37.0 Å². The maximum atomic E-state index is 12.7. The minimum atomic E-state index is -0.552. The van der Waals surface area contributed by atoms with E-state index in [0.717, 1.165) is 5.69 Å². The van der Waals surface area contributed by atoms with Gasteiger partial charge in [0.2, 0.25) is 0 Å². The minimum Gasteiger partial charge on any atom is -0.396 e. The van der Waals surface area contributed by atoms with E-state index in [1.807, 2.05) is 11.9 Å². The number of anilines is 1. The van der Waals surface area contributed by atoms with Gasteiger partial charge in [-0.3, -0.25) is 0 Å². The van der Waals surface area contributed by atoms with Gasteiger partial charge in [0.1, 0.15) is 5.82 Å². The van der Waals surface area contributed by atoms with Crippen molar-refractivity contribution in [1.82, 2.24) is 0 Å². The number of halogens is 1. The fraction of sp³-hybridized carbons (Fsp3) is 0.500. The molecule has 3 nitrogen and oxygen atoms in total. The second-order valence-corrected chi connectivity index (χ2v) is 4.46. The van der Waals surface area contributed by atoms with E-state index in [0.29, 0.717) is 6.54 Å². The lowest BCUT2D eigenvalue weighted by molar-refractivity contribution is 0.0763. The molecule has 0 fully saturated rings. The lowest BCUT2D eigenvalue weighted by Gasteiger charge is -2.31. The molecule has 0 heterocycles. The number of hydrogen-bond donors (Lipinski definition) is 2. The maximum absolute atomic E-state index is 12.7. The molecule has 0 aliphatic heterocycles. The van der Waals surface area contributed by atoms with Crippen LogP contribution in [0.4, 0.5) is 10.1 Å². The molecule has 0 unspecified atom stereocenters. The summed E-state index contributed by atoms with van der Waals surface area (Å²) in [5, 5.41) is 18.4. The van der Waals surface area contributed by atoms with Gasteiger partial charge >= 0.3 is 0 Å². The summed E-state index contributed by atoms with van der Waals surface area (Å²) in [5.74, 6) is -0.274. The first-order valence-corrected chi connectivity index (χ1v) is 5.19. The zero-order chi connectivity index (χ0) is 12.2. The molecule has 0 saturated carbocycles. The second-order valence-electron chi connectivity index (χ2n) is 4.46. The molecule has 90 valence electrons. The second kappa shape index (κ2) is 5.27. The number of aliphatic hydroxyl groups excluding tert-OH is 2. The summed E-state index contributed by atoms with van der Waals surface area (Å²) in [6.07, 6.45) is 0. The standard InChI is InChI=1S/C12H18FNO2/c1-12(8-15,9-16)7-14(2)11-5-3-10(13)4-6-11/h3-6,15-16H,7-9H2,1-2H3. The zero-order valence-electron chi connectivity index (χ0n) is 9.65. The highest BCUT2D eigenvalue weighted by Crippen LogP contribution is 2.20. The van der Waals surface area contributed by atoms with Crippen molar-refractivity contribution in [3.8, 4) is 0 Å². The van der Waals surface area contributed by atoms with Crippen molar-refractivity contribution in [3.63, 3.8) is 0 Å². The van der Waals surface area contributed by atoms with Crippen molar-refractivity contribution in [2.75, 3.05) is 31.7 Å². The summed E-state index contributed by atoms with van der Waals surface area (Å²) in [7, 11) is 1.84. The Morgan fingerprint density at radius 3 is 2.12 bits per heavy atom. The van der Waals surface area contributed by atoms with Gasteiger partial charge < -0.3 is 15.1 Å². The third-order valence-electron chi connectivity index (χ3n) is 2.65. The van der Waals surface area contributed by atoms with E-state index in [-0.39, 0.29) is 19.0 Å². The van der Waals surface area contributed by atoms with Crippen molar-refractivity contribution >= 4 is 5.69 Å². The van der Waals surface area contributed by atoms with Crippen LogP contribution in [0.3, 0.4) is 0 Å². The van der Waals surface area contributed by atoms with Crippen LogP contribution in [0.15, 0.2) is 24.3 Å². The first-order chi connectivity index (χ1) is 7.50. The lowest BCUT2D eigenvalue weighted by atomic mass is 9.92. The molecule has 0 radical (unpaired) electrons. The topological polar surface area (TPSA) is 43.7 Å². The summed E-state index contributed by atoms with van der Waals surface area (Å²) in [5.41, 5.74) is 0.304. The zero-order valence-corrected chi connectivity index (χ0v) is 9.65. The van der Waals surface area contributed by atoms with Gasteiger partial charge in [-0.2, -0.15) is 0 Å². The van der Waals surface area contributed by atoms with Crippen molar-refractivity contribution in [2.24, 2.45) is 5.41 Å². The fourth-order valence-corrected chi connectivity index (χ4v) is 1.51. The Bertz CT molecular complexity index is 322. The highest BCUT2D eigenvalue weighted by atomic mass is 19.1. The van der Waals surface area contributed by atoms with Crippen molar-refractivity contribution < 1.29 is 14.6 Å². The van der Waals surface area contributed by atoms with Gasteiger partial charge in [-0.25, -0.2) is 4.39 Å². The van der Waals surface area contributed by atoms with Gasteiger partial charge in [-0.15, -0.1) is 0 Å². The first kappa shape index (κ1) is 12.9. The monoisotopic (exact) mass is 227 g/mol. The van der Waals surface area contributed by atoms with Crippen LogP contribution in [0.5, 0.6) is 0 Å². The quantitative estimate of drug-likeness (QED) is 0.795. The molecule has 2 N–H and O–H groups in total. The molecule has 0 spiro atoms. The summed E-state index contributed by atoms with van der Waals surface area (Å²) in [6, 6.07) is 6.12. The van der Waals surface area contributed by atoms with Crippen molar-refractivity contribution in [2.45, 2.75) is 6.92 Å².